The maximum absolute atomic E-state index is 12.8. The number of para-hydroxylation sites is 1. The fourth-order valence-electron chi connectivity index (χ4n) is 5.49. The van der Waals surface area contributed by atoms with Crippen LogP contribution in [0.3, 0.4) is 0 Å². The number of nitrogens with zero attached hydrogens (tertiary/aromatic N) is 7. The van der Waals surface area contributed by atoms with E-state index in [-0.39, 0.29) is 54.4 Å². The molecule has 0 saturated heterocycles. The first-order valence-electron chi connectivity index (χ1n) is 17.5. The fraction of sp³-hybridized carbons (Fsp3) is 0.0882. The molecule has 0 atom stereocenters. The molecule has 9 N–H and O–H groups in total. The van der Waals surface area contributed by atoms with Crippen LogP contribution in [0.2, 0.25) is 0 Å². The van der Waals surface area contributed by atoms with Crippen molar-refractivity contribution >= 4 is 117 Å². The van der Waals surface area contributed by atoms with Gasteiger partial charge in [0.15, 0.2) is 15.6 Å². The number of aromatic nitrogens is 3. The van der Waals surface area contributed by atoms with Crippen molar-refractivity contribution in [3.8, 4) is 5.75 Å². The average Bonchev–Trinajstić information content (AvgIpc) is 3.24. The number of phenolic OH excluding ortho intramolecular Hbond substituents is 1. The van der Waals surface area contributed by atoms with Gasteiger partial charge in [-0.05, 0) is 79.0 Å². The summed E-state index contributed by atoms with van der Waals surface area (Å²) in [6, 6.07) is 20.2. The van der Waals surface area contributed by atoms with Crippen LogP contribution in [-0.4, -0.2) is 77.3 Å². The highest BCUT2D eigenvalue weighted by atomic mass is 32.3. The van der Waals surface area contributed by atoms with Gasteiger partial charge >= 0.3 is 10.4 Å². The Morgan fingerprint density at radius 1 is 0.723 bits per heavy atom. The number of aromatic hydroxyl groups is 1. The summed E-state index contributed by atoms with van der Waals surface area (Å²) in [4.78, 5) is 11.8. The lowest BCUT2D eigenvalue weighted by Gasteiger charge is -2.14. The van der Waals surface area contributed by atoms with Crippen LogP contribution in [0.15, 0.2) is 125 Å². The summed E-state index contributed by atoms with van der Waals surface area (Å²) in [5.74, 6) is -1.07. The number of hydrogen-bond acceptors (Lipinski definition) is 26. The summed E-state index contributed by atoms with van der Waals surface area (Å²) < 4.78 is 104. The van der Waals surface area contributed by atoms with E-state index in [1.54, 1.807) is 6.92 Å². The number of nitrogen functional groups attached to an aromatic ring is 1. The Labute approximate surface area is 375 Å². The molecule has 6 rings (SSSR count). The highest BCUT2D eigenvalue weighted by molar-refractivity contribution is 7.95. The van der Waals surface area contributed by atoms with E-state index in [0.29, 0.717) is 41.3 Å². The first-order chi connectivity index (χ1) is 30.8. The molecule has 0 bridgehead atoms. The van der Waals surface area contributed by atoms with Crippen molar-refractivity contribution in [1.82, 2.24) is 15.0 Å². The number of azo groups is 2. The number of phenols is 1. The largest absolute Gasteiger partial charge is 0.505 e. The minimum Gasteiger partial charge on any atom is -0.505 e. The number of sulfone groups is 1. The van der Waals surface area contributed by atoms with Crippen molar-refractivity contribution in [3.05, 3.63) is 90.8 Å². The lowest BCUT2D eigenvalue weighted by Crippen LogP contribution is -2.15. The van der Waals surface area contributed by atoms with Gasteiger partial charge in [0.25, 0.3) is 10.1 Å². The molecule has 1 aromatic heterocycles. The highest BCUT2D eigenvalue weighted by Gasteiger charge is 2.26. The quantitative estimate of drug-likeness (QED) is 0.00909. The van der Waals surface area contributed by atoms with Crippen molar-refractivity contribution in [2.75, 3.05) is 28.7 Å². The van der Waals surface area contributed by atoms with Crippen molar-refractivity contribution in [1.29, 1.82) is 0 Å². The lowest BCUT2D eigenvalue weighted by molar-refractivity contribution is -0.432. The predicted octanol–water partition coefficient (Wildman–Crippen LogP) is 7.64. The van der Waals surface area contributed by atoms with Gasteiger partial charge in [-0.3, -0.25) is 9.11 Å². The molecule has 6 aromatic rings. The van der Waals surface area contributed by atoms with E-state index in [0.717, 1.165) is 18.2 Å². The Morgan fingerprint density at radius 2 is 1.35 bits per heavy atom. The van der Waals surface area contributed by atoms with E-state index in [2.05, 4.69) is 69.0 Å². The summed E-state index contributed by atoms with van der Waals surface area (Å²) >= 11 is 0.770. The maximum Gasteiger partial charge on any atom is 0.397 e. The molecule has 31 heteroatoms. The molecule has 0 unspecified atom stereocenters. The van der Waals surface area contributed by atoms with Crippen molar-refractivity contribution in [2.45, 2.75) is 26.5 Å². The highest BCUT2D eigenvalue weighted by Crippen LogP contribution is 2.50. The number of fused-ring (bicyclic) bond motifs is 1. The Hall–Kier alpha value is -6.04. The van der Waals surface area contributed by atoms with Crippen LogP contribution in [0.1, 0.15) is 5.82 Å². The van der Waals surface area contributed by atoms with Gasteiger partial charge in [0, 0.05) is 11.4 Å². The maximum atomic E-state index is 12.8. The van der Waals surface area contributed by atoms with Crippen LogP contribution in [0, 0.1) is 6.92 Å². The van der Waals surface area contributed by atoms with Gasteiger partial charge in [0.2, 0.25) is 11.9 Å². The molecule has 342 valence electrons. The molecule has 0 aliphatic heterocycles. The number of hydrogen-bond donors (Lipinski definition) is 8. The summed E-state index contributed by atoms with van der Waals surface area (Å²) in [6.45, 7) is 0.785. The summed E-state index contributed by atoms with van der Waals surface area (Å²) in [5.41, 5.74) is 5.94. The van der Waals surface area contributed by atoms with Gasteiger partial charge in [-0.15, -0.1) is 24.0 Å². The normalized spacial score (nSPS) is 12.4. The average molecular weight is 995 g/mol. The standard InChI is InChI=1S/C34H30N10O16S5/c1-18-36-33(38-20-5-3-2-4-6-20)40-34(37-18)39-22-9-12-25(61-59-57-46)24(17-22)42-44-31-27(64(50,51)52)16-19-15-26(62-60-58-47)30(29(35)28(19)32(31)45)43-41-21-7-10-23(11-8-21)63(48,49)14-13-56-65(53,54)55/h2-12,15-17,45-47H,13-14,35H2,1H3,(H,50,51,52)(H,53,54,55)(H2,36,37,38,39,40). The lowest BCUT2D eigenvalue weighted by atomic mass is 10.1. The monoisotopic (exact) mass is 994 g/mol. The zero-order valence-electron chi connectivity index (χ0n) is 32.5. The Bertz CT molecular complexity index is 3120. The van der Waals surface area contributed by atoms with E-state index < -0.39 is 64.7 Å². The second kappa shape index (κ2) is 20.9. The van der Waals surface area contributed by atoms with Gasteiger partial charge in [-0.25, -0.2) is 23.1 Å². The number of rotatable bonds is 20. The molecule has 26 nitrogen and oxygen atoms in total. The second-order valence-corrected chi connectivity index (χ2v) is 18.6. The Balaban J connectivity index is 1.38. The van der Waals surface area contributed by atoms with Gasteiger partial charge in [-0.2, -0.15) is 36.9 Å². The molecule has 0 spiro atoms. The molecule has 0 radical (unpaired) electrons. The van der Waals surface area contributed by atoms with E-state index in [1.807, 2.05) is 30.3 Å². The summed E-state index contributed by atoms with van der Waals surface area (Å²) in [7, 11) is -14.1. The first kappa shape index (κ1) is 48.4. The third-order valence-corrected chi connectivity index (χ3v) is 12.5. The SMILES string of the molecule is Cc1nc(Nc2ccccc2)nc(Nc2ccc(SOOO)c(N=Nc3c(S(=O)(=O)O)cc4cc(SOOO)c(N=Nc5ccc(S(=O)(=O)CCOS(=O)(=O)O)cc5)c(N)c4c3O)c2)n1. The molecule has 0 fully saturated rings. The van der Waals surface area contributed by atoms with Crippen LogP contribution < -0.4 is 16.4 Å². The van der Waals surface area contributed by atoms with Crippen LogP contribution in [-0.2, 0) is 53.3 Å². The van der Waals surface area contributed by atoms with Crippen molar-refractivity contribution in [3.63, 3.8) is 0 Å². The van der Waals surface area contributed by atoms with E-state index in [9.17, 15) is 34.9 Å². The van der Waals surface area contributed by atoms with Gasteiger partial charge in [0.1, 0.15) is 27.8 Å². The van der Waals surface area contributed by atoms with Gasteiger partial charge in [0.05, 0.1) is 67.9 Å². The smallest absolute Gasteiger partial charge is 0.397 e. The molecule has 1 heterocycles. The minimum atomic E-state index is -5.19. The van der Waals surface area contributed by atoms with E-state index in [1.165, 1.54) is 36.4 Å². The fourth-order valence-corrected chi connectivity index (χ4v) is 8.56. The number of nitrogens with one attached hydrogen (secondary N) is 2. The second-order valence-electron chi connectivity index (χ2n) is 12.5. The molecule has 5 aromatic carbocycles. The summed E-state index contributed by atoms with van der Waals surface area (Å²) in [5, 5.41) is 58.6. The molecular weight excluding hydrogens is 965 g/mol. The number of nitrogens with two attached hydrogens (primary N) is 1. The molecule has 0 amide bonds. The Morgan fingerprint density at radius 3 is 1.98 bits per heavy atom. The van der Waals surface area contributed by atoms with Gasteiger partial charge in [-0.1, -0.05) is 28.3 Å². The first-order valence-corrected chi connectivity index (χ1v) is 23.4. The van der Waals surface area contributed by atoms with Crippen molar-refractivity contribution < 1.29 is 72.9 Å². The molecular formula is C34H30N10O16S5. The van der Waals surface area contributed by atoms with E-state index in [4.69, 9.17) is 20.8 Å². The number of anilines is 5. The molecule has 0 aliphatic carbocycles. The van der Waals surface area contributed by atoms with Crippen LogP contribution in [0.25, 0.3) is 10.8 Å². The summed E-state index contributed by atoms with van der Waals surface area (Å²) in [6.07, 6.45) is 0. The van der Waals surface area contributed by atoms with Crippen LogP contribution >= 0.6 is 24.1 Å². The third kappa shape index (κ3) is 12.8. The van der Waals surface area contributed by atoms with Crippen LogP contribution in [0.5, 0.6) is 5.75 Å². The number of benzene rings is 5. The topological polar surface area (TPSA) is 388 Å². The zero-order chi connectivity index (χ0) is 46.9. The Kier molecular flexibility index (Phi) is 15.5. The van der Waals surface area contributed by atoms with Crippen molar-refractivity contribution in [2.24, 2.45) is 20.5 Å². The van der Waals surface area contributed by atoms with Gasteiger partial charge < -0.3 is 21.5 Å². The minimum absolute atomic E-state index is 0.0317. The van der Waals surface area contributed by atoms with E-state index >= 15 is 0 Å². The number of aryl methyl sites for hydroxylation is 1. The molecule has 0 saturated carbocycles. The predicted molar refractivity (Wildman–Crippen MR) is 230 cm³/mol. The third-order valence-electron chi connectivity index (χ3n) is 8.20. The molecule has 65 heavy (non-hydrogen) atoms. The zero-order valence-corrected chi connectivity index (χ0v) is 36.6. The molecule has 0 aliphatic rings. The van der Waals surface area contributed by atoms with Crippen LogP contribution in [0.4, 0.5) is 51.7 Å².